The number of hydrogen-bond acceptors (Lipinski definition) is 5. The Hall–Kier alpha value is -1.72. The highest BCUT2D eigenvalue weighted by Gasteiger charge is 2.04. The fraction of sp³-hybridized carbons (Fsp3) is 0.286. The predicted molar refractivity (Wildman–Crippen MR) is 76.1 cm³/mol. The normalized spacial score (nSPS) is 10.3. The van der Waals surface area contributed by atoms with E-state index in [4.69, 9.17) is 19.9 Å². The van der Waals surface area contributed by atoms with Crippen LogP contribution in [0.3, 0.4) is 0 Å². The highest BCUT2D eigenvalue weighted by Crippen LogP contribution is 2.28. The Labute approximate surface area is 116 Å². The van der Waals surface area contributed by atoms with Crippen LogP contribution in [0.2, 0.25) is 0 Å². The molecule has 5 heteroatoms. The molecule has 1 aromatic carbocycles. The smallest absolute Gasteiger partial charge is 0.127 e. The molecule has 19 heavy (non-hydrogen) atoms. The van der Waals surface area contributed by atoms with E-state index in [1.807, 2.05) is 30.3 Å². The number of rotatable bonds is 6. The Bertz CT molecular complexity index is 517. The van der Waals surface area contributed by atoms with Crippen LogP contribution in [0.1, 0.15) is 9.75 Å². The van der Waals surface area contributed by atoms with E-state index in [-0.39, 0.29) is 0 Å². The summed E-state index contributed by atoms with van der Waals surface area (Å²) in [5, 5.41) is 0. The molecule has 1 heterocycles. The highest BCUT2D eigenvalue weighted by molar-refractivity contribution is 7.11. The number of thiophene rings is 1. The monoisotopic (exact) mass is 279 g/mol. The molecule has 2 rings (SSSR count). The van der Waals surface area contributed by atoms with Gasteiger partial charge in [-0.15, -0.1) is 11.3 Å². The Morgan fingerprint density at radius 3 is 2.05 bits per heavy atom. The predicted octanol–water partition coefficient (Wildman–Crippen LogP) is 2.80. The number of benzene rings is 1. The van der Waals surface area contributed by atoms with Gasteiger partial charge in [-0.3, -0.25) is 0 Å². The average molecular weight is 279 g/mol. The second kappa shape index (κ2) is 6.45. The van der Waals surface area contributed by atoms with Gasteiger partial charge >= 0.3 is 0 Å². The topological polar surface area (TPSA) is 53.7 Å². The highest BCUT2D eigenvalue weighted by atomic mass is 32.1. The molecule has 0 atom stereocenters. The van der Waals surface area contributed by atoms with Crippen LogP contribution >= 0.6 is 11.3 Å². The lowest BCUT2D eigenvalue weighted by molar-refractivity contribution is 0.303. The molecular weight excluding hydrogens is 262 g/mol. The fourth-order valence-electron chi connectivity index (χ4n) is 1.63. The number of hydrogen-bond donors (Lipinski definition) is 1. The first kappa shape index (κ1) is 13.7. The van der Waals surface area contributed by atoms with Gasteiger partial charge < -0.3 is 19.9 Å². The van der Waals surface area contributed by atoms with Gasteiger partial charge in [0.1, 0.15) is 23.9 Å². The lowest BCUT2D eigenvalue weighted by Gasteiger charge is -2.09. The van der Waals surface area contributed by atoms with Crippen LogP contribution in [0.4, 0.5) is 0 Å². The molecule has 2 aromatic rings. The van der Waals surface area contributed by atoms with E-state index in [0.717, 1.165) is 15.5 Å². The third-order valence-corrected chi connectivity index (χ3v) is 3.71. The summed E-state index contributed by atoms with van der Waals surface area (Å²) in [6.45, 7) is 1.08. The molecule has 0 spiro atoms. The van der Waals surface area contributed by atoms with Crippen LogP contribution in [0.15, 0.2) is 30.3 Å². The maximum absolute atomic E-state index is 5.74. The van der Waals surface area contributed by atoms with Crippen molar-refractivity contribution in [3.05, 3.63) is 40.1 Å². The molecule has 0 radical (unpaired) electrons. The lowest BCUT2D eigenvalue weighted by Crippen LogP contribution is -1.95. The minimum absolute atomic E-state index is 0.515. The number of ether oxygens (including phenoxy) is 3. The third kappa shape index (κ3) is 3.62. The van der Waals surface area contributed by atoms with E-state index < -0.39 is 0 Å². The molecule has 0 aliphatic heterocycles. The zero-order chi connectivity index (χ0) is 13.7. The van der Waals surface area contributed by atoms with Crippen molar-refractivity contribution in [3.8, 4) is 17.2 Å². The number of nitrogens with two attached hydrogens (primary N) is 1. The van der Waals surface area contributed by atoms with E-state index >= 15 is 0 Å². The largest absolute Gasteiger partial charge is 0.496 e. The van der Waals surface area contributed by atoms with Crippen LogP contribution < -0.4 is 19.9 Å². The van der Waals surface area contributed by atoms with Crippen LogP contribution in [-0.4, -0.2) is 14.2 Å². The molecule has 0 amide bonds. The van der Waals surface area contributed by atoms with Gasteiger partial charge in [-0.25, -0.2) is 0 Å². The minimum atomic E-state index is 0.515. The molecule has 4 nitrogen and oxygen atoms in total. The molecule has 2 N–H and O–H groups in total. The Balaban J connectivity index is 2.05. The van der Waals surface area contributed by atoms with Gasteiger partial charge in [0.25, 0.3) is 0 Å². The van der Waals surface area contributed by atoms with Crippen molar-refractivity contribution in [3.63, 3.8) is 0 Å². The second-order valence-corrected chi connectivity index (χ2v) is 5.16. The Morgan fingerprint density at radius 1 is 0.947 bits per heavy atom. The summed E-state index contributed by atoms with van der Waals surface area (Å²) in [6.07, 6.45) is 0. The van der Waals surface area contributed by atoms with E-state index in [2.05, 4.69) is 0 Å². The van der Waals surface area contributed by atoms with Crippen LogP contribution in [0.25, 0.3) is 0 Å². The standard InChI is InChI=1S/C14H17NO3S/c1-16-10-5-11(17-2)7-12(6-10)18-9-14-4-3-13(8-15)19-14/h3-7H,8-9,15H2,1-2H3. The Kier molecular flexibility index (Phi) is 4.65. The summed E-state index contributed by atoms with van der Waals surface area (Å²) in [6, 6.07) is 9.53. The summed E-state index contributed by atoms with van der Waals surface area (Å²) in [4.78, 5) is 2.30. The first-order chi connectivity index (χ1) is 9.25. The maximum Gasteiger partial charge on any atom is 0.127 e. The van der Waals surface area contributed by atoms with Crippen molar-refractivity contribution >= 4 is 11.3 Å². The molecular formula is C14H17NO3S. The van der Waals surface area contributed by atoms with E-state index in [0.29, 0.717) is 24.7 Å². The molecule has 0 fully saturated rings. The van der Waals surface area contributed by atoms with E-state index in [1.165, 1.54) is 0 Å². The van der Waals surface area contributed by atoms with Gasteiger partial charge in [0.05, 0.1) is 14.2 Å². The molecule has 0 aliphatic carbocycles. The Morgan fingerprint density at radius 2 is 1.53 bits per heavy atom. The van der Waals surface area contributed by atoms with Crippen LogP contribution in [-0.2, 0) is 13.2 Å². The van der Waals surface area contributed by atoms with Gasteiger partial charge in [0.15, 0.2) is 0 Å². The van der Waals surface area contributed by atoms with Gasteiger partial charge in [-0.2, -0.15) is 0 Å². The van der Waals surface area contributed by atoms with Gasteiger partial charge in [-0.1, -0.05) is 0 Å². The molecule has 0 saturated heterocycles. The van der Waals surface area contributed by atoms with Crippen LogP contribution in [0.5, 0.6) is 17.2 Å². The molecule has 0 unspecified atom stereocenters. The van der Waals surface area contributed by atoms with Crippen molar-refractivity contribution in [1.29, 1.82) is 0 Å². The summed E-state index contributed by atoms with van der Waals surface area (Å²) >= 11 is 1.66. The molecule has 102 valence electrons. The first-order valence-electron chi connectivity index (χ1n) is 5.88. The van der Waals surface area contributed by atoms with Crippen molar-refractivity contribution in [2.75, 3.05) is 14.2 Å². The number of methoxy groups -OCH3 is 2. The fourth-order valence-corrected chi connectivity index (χ4v) is 2.44. The zero-order valence-electron chi connectivity index (χ0n) is 11.0. The van der Waals surface area contributed by atoms with Gasteiger partial charge in [0.2, 0.25) is 0 Å². The zero-order valence-corrected chi connectivity index (χ0v) is 11.8. The summed E-state index contributed by atoms with van der Waals surface area (Å²) in [7, 11) is 3.23. The van der Waals surface area contributed by atoms with Crippen LogP contribution in [0, 0.1) is 0 Å². The SMILES string of the molecule is COc1cc(OC)cc(OCc2ccc(CN)s2)c1. The average Bonchev–Trinajstić information content (AvgIpc) is 2.92. The van der Waals surface area contributed by atoms with Crippen molar-refractivity contribution in [2.24, 2.45) is 5.73 Å². The molecule has 0 saturated carbocycles. The van der Waals surface area contributed by atoms with Gasteiger partial charge in [-0.05, 0) is 12.1 Å². The van der Waals surface area contributed by atoms with Crippen molar-refractivity contribution in [2.45, 2.75) is 13.2 Å². The second-order valence-electron chi connectivity index (χ2n) is 3.91. The lowest BCUT2D eigenvalue weighted by atomic mass is 10.3. The first-order valence-corrected chi connectivity index (χ1v) is 6.70. The molecule has 0 bridgehead atoms. The molecule has 1 aromatic heterocycles. The minimum Gasteiger partial charge on any atom is -0.496 e. The third-order valence-electron chi connectivity index (χ3n) is 2.62. The molecule has 0 aliphatic rings. The van der Waals surface area contributed by atoms with E-state index in [1.54, 1.807) is 25.6 Å². The summed E-state index contributed by atoms with van der Waals surface area (Å²) in [5.74, 6) is 2.14. The summed E-state index contributed by atoms with van der Waals surface area (Å²) in [5.41, 5.74) is 5.58. The summed E-state index contributed by atoms with van der Waals surface area (Å²) < 4.78 is 16.1. The van der Waals surface area contributed by atoms with E-state index in [9.17, 15) is 0 Å². The van der Waals surface area contributed by atoms with Crippen molar-refractivity contribution < 1.29 is 14.2 Å². The van der Waals surface area contributed by atoms with Crippen molar-refractivity contribution in [1.82, 2.24) is 0 Å². The maximum atomic E-state index is 5.74. The van der Waals surface area contributed by atoms with Gasteiger partial charge in [0, 0.05) is 34.5 Å². The quantitative estimate of drug-likeness (QED) is 0.883.